The van der Waals surface area contributed by atoms with E-state index in [2.05, 4.69) is 12.6 Å². The molecule has 1 fully saturated rings. The Labute approximate surface area is 138 Å². The molecule has 0 radical (unpaired) electrons. The Bertz CT molecular complexity index is 592. The molecule has 0 saturated carbocycles. The lowest BCUT2D eigenvalue weighted by Gasteiger charge is -2.32. The maximum Gasteiger partial charge on any atom is 0.491 e. The normalized spacial score (nSPS) is 20.3. The smallest absolute Gasteiger partial charge is 0.400 e. The van der Waals surface area contributed by atoms with Gasteiger partial charge in [0, 0.05) is 11.3 Å². The van der Waals surface area contributed by atoms with E-state index in [1.165, 1.54) is 0 Å². The molecule has 22 heavy (non-hydrogen) atoms. The summed E-state index contributed by atoms with van der Waals surface area (Å²) in [6.45, 7) is 10.0. The van der Waals surface area contributed by atoms with Crippen molar-refractivity contribution in [3.05, 3.63) is 40.4 Å². The third kappa shape index (κ3) is 3.32. The Hall–Kier alpha value is -1.04. The number of rotatable bonds is 4. The van der Waals surface area contributed by atoms with Crippen molar-refractivity contribution in [2.75, 3.05) is 5.75 Å². The van der Waals surface area contributed by atoms with Gasteiger partial charge in [-0.15, -0.1) is 0 Å². The molecule has 0 amide bonds. The molecule has 0 unspecified atom stereocenters. The van der Waals surface area contributed by atoms with Gasteiger partial charge in [0.2, 0.25) is 0 Å². The summed E-state index contributed by atoms with van der Waals surface area (Å²) in [5, 5.41) is 0. The maximum absolute atomic E-state index is 11.3. The fraction of sp³-hybridized carbons (Fsp3) is 0.471. The fourth-order valence-electron chi connectivity index (χ4n) is 2.31. The number of hydrogen-bond donors (Lipinski definition) is 1. The number of thiol groups is 1. The molecule has 1 saturated heterocycles. The highest BCUT2D eigenvalue weighted by Crippen LogP contribution is 2.39. The second-order valence-electron chi connectivity index (χ2n) is 6.72. The summed E-state index contributed by atoms with van der Waals surface area (Å²) in [7, 11) is -0.441. The predicted octanol–water partition coefficient (Wildman–Crippen LogP) is 3.75. The lowest BCUT2D eigenvalue weighted by atomic mass is 9.78. The molecule has 1 aromatic carbocycles. The largest absolute Gasteiger partial charge is 0.491 e. The van der Waals surface area contributed by atoms with E-state index in [4.69, 9.17) is 9.31 Å². The van der Waals surface area contributed by atoms with E-state index in [1.54, 1.807) is 0 Å². The van der Waals surface area contributed by atoms with Crippen LogP contribution < -0.4 is 0 Å². The molecular formula is C17H23BO3S. The van der Waals surface area contributed by atoms with Gasteiger partial charge in [-0.1, -0.05) is 23.8 Å². The minimum absolute atomic E-state index is 0.388. The monoisotopic (exact) mass is 318 g/mol. The number of carbonyl (C=O) groups is 1. The Morgan fingerprint density at radius 3 is 2.27 bits per heavy atom. The molecule has 0 bridgehead atoms. The molecule has 0 N–H and O–H groups in total. The summed E-state index contributed by atoms with van der Waals surface area (Å²) >= 11 is 4.40. The summed E-state index contributed by atoms with van der Waals surface area (Å²) in [5.41, 5.74) is 2.72. The topological polar surface area (TPSA) is 35.5 Å². The van der Waals surface area contributed by atoms with Crippen molar-refractivity contribution >= 4 is 32.1 Å². The molecule has 0 aliphatic carbocycles. The van der Waals surface area contributed by atoms with Gasteiger partial charge < -0.3 is 9.31 Å². The maximum atomic E-state index is 11.3. The van der Waals surface area contributed by atoms with E-state index in [0.29, 0.717) is 11.3 Å². The first kappa shape index (κ1) is 17.3. The van der Waals surface area contributed by atoms with Crippen molar-refractivity contribution in [3.63, 3.8) is 0 Å². The third-order valence-electron chi connectivity index (χ3n) is 4.45. The van der Waals surface area contributed by atoms with Gasteiger partial charge in [-0.25, -0.2) is 0 Å². The van der Waals surface area contributed by atoms with Crippen LogP contribution in [0.4, 0.5) is 0 Å². The highest BCUT2D eigenvalue weighted by molar-refractivity contribution is 7.80. The molecule has 0 spiro atoms. The van der Waals surface area contributed by atoms with Gasteiger partial charge in [0.05, 0.1) is 11.2 Å². The van der Waals surface area contributed by atoms with Gasteiger partial charge in [0.1, 0.15) is 0 Å². The first-order chi connectivity index (χ1) is 10.2. The molecule has 1 aliphatic heterocycles. The second-order valence-corrected chi connectivity index (χ2v) is 7.03. The lowest BCUT2D eigenvalue weighted by Crippen LogP contribution is -2.41. The zero-order valence-electron chi connectivity index (χ0n) is 13.8. The summed E-state index contributed by atoms with van der Waals surface area (Å²) in [4.78, 5) is 11.3. The van der Waals surface area contributed by atoms with Crippen molar-refractivity contribution in [1.29, 1.82) is 0 Å². The number of carbonyl (C=O) groups excluding carboxylic acids is 1. The Morgan fingerprint density at radius 1 is 1.18 bits per heavy atom. The van der Waals surface area contributed by atoms with Crippen molar-refractivity contribution in [2.24, 2.45) is 0 Å². The van der Waals surface area contributed by atoms with Crippen LogP contribution in [0.1, 0.15) is 49.2 Å². The van der Waals surface area contributed by atoms with Gasteiger partial charge in [-0.05, 0) is 51.7 Å². The Kier molecular flexibility index (Phi) is 4.90. The first-order valence-corrected chi connectivity index (χ1v) is 8.06. The first-order valence-electron chi connectivity index (χ1n) is 7.43. The highest BCUT2D eigenvalue weighted by Gasteiger charge is 2.52. The molecule has 0 aromatic heterocycles. The van der Waals surface area contributed by atoms with Crippen LogP contribution in [0.15, 0.2) is 23.7 Å². The van der Waals surface area contributed by atoms with Gasteiger partial charge in [0.15, 0.2) is 6.29 Å². The van der Waals surface area contributed by atoms with Crippen molar-refractivity contribution in [1.82, 2.24) is 0 Å². The van der Waals surface area contributed by atoms with Crippen LogP contribution in [-0.4, -0.2) is 30.4 Å². The summed E-state index contributed by atoms with van der Waals surface area (Å²) in [6.07, 6.45) is 2.82. The molecule has 3 nitrogen and oxygen atoms in total. The van der Waals surface area contributed by atoms with E-state index in [0.717, 1.165) is 22.9 Å². The van der Waals surface area contributed by atoms with Crippen LogP contribution in [0.2, 0.25) is 0 Å². The molecule has 0 atom stereocenters. The van der Waals surface area contributed by atoms with E-state index in [-0.39, 0.29) is 11.2 Å². The van der Waals surface area contributed by atoms with E-state index < -0.39 is 7.12 Å². The van der Waals surface area contributed by atoms with E-state index in [9.17, 15) is 4.79 Å². The van der Waals surface area contributed by atoms with Gasteiger partial charge >= 0.3 is 7.12 Å². The van der Waals surface area contributed by atoms with Crippen LogP contribution in [0.5, 0.6) is 0 Å². The molecule has 1 aliphatic rings. The van der Waals surface area contributed by atoms with E-state index >= 15 is 0 Å². The zero-order valence-corrected chi connectivity index (χ0v) is 14.7. The minimum Gasteiger partial charge on any atom is -0.400 e. The van der Waals surface area contributed by atoms with Crippen LogP contribution in [0.3, 0.4) is 0 Å². The van der Waals surface area contributed by atoms with Crippen molar-refractivity contribution < 1.29 is 14.1 Å². The SMILES string of the molecule is Cc1ccc(C=C(CS)B2OC(C)(C)C(C)(C)O2)c(C=O)c1. The standard InChI is InChI=1S/C17H23BO3S/c1-12-6-7-13(14(8-12)10-19)9-15(11-22)18-20-16(2,3)17(4,5)21-18/h6-10,22H,11H2,1-5H3. The average Bonchev–Trinajstić information content (AvgIpc) is 2.65. The molecule has 1 heterocycles. The summed E-state index contributed by atoms with van der Waals surface area (Å²) in [6, 6.07) is 5.80. The Balaban J connectivity index is 2.36. The number of aldehydes is 1. The number of aryl methyl sites for hydroxylation is 1. The fourth-order valence-corrected chi connectivity index (χ4v) is 2.55. The molecule has 1 aromatic rings. The molecule has 2 rings (SSSR count). The van der Waals surface area contributed by atoms with Crippen LogP contribution >= 0.6 is 12.6 Å². The Morgan fingerprint density at radius 2 is 1.77 bits per heavy atom. The average molecular weight is 318 g/mol. The van der Waals surface area contributed by atoms with Gasteiger partial charge in [0.25, 0.3) is 0 Å². The predicted molar refractivity (Wildman–Crippen MR) is 94.5 cm³/mol. The van der Waals surface area contributed by atoms with Crippen molar-refractivity contribution in [3.8, 4) is 0 Å². The summed E-state index contributed by atoms with van der Waals surface area (Å²) in [5.74, 6) is 0.503. The van der Waals surface area contributed by atoms with Crippen LogP contribution in [0, 0.1) is 6.92 Å². The summed E-state index contributed by atoms with van der Waals surface area (Å²) < 4.78 is 12.1. The number of benzene rings is 1. The van der Waals surface area contributed by atoms with Crippen LogP contribution in [-0.2, 0) is 9.31 Å². The second kappa shape index (κ2) is 6.22. The van der Waals surface area contributed by atoms with Gasteiger partial charge in [-0.3, -0.25) is 4.79 Å². The molecular weight excluding hydrogens is 295 g/mol. The molecule has 5 heteroatoms. The zero-order chi connectivity index (χ0) is 16.5. The minimum atomic E-state index is -0.441. The molecule has 118 valence electrons. The lowest BCUT2D eigenvalue weighted by molar-refractivity contribution is 0.00578. The van der Waals surface area contributed by atoms with E-state index in [1.807, 2.05) is 58.9 Å². The van der Waals surface area contributed by atoms with Crippen molar-refractivity contribution in [2.45, 2.75) is 45.8 Å². The van der Waals surface area contributed by atoms with Crippen LogP contribution in [0.25, 0.3) is 6.08 Å². The highest BCUT2D eigenvalue weighted by atomic mass is 32.1. The number of hydrogen-bond acceptors (Lipinski definition) is 4. The van der Waals surface area contributed by atoms with Gasteiger partial charge in [-0.2, -0.15) is 12.6 Å². The third-order valence-corrected chi connectivity index (χ3v) is 4.81. The quantitative estimate of drug-likeness (QED) is 0.522.